The summed E-state index contributed by atoms with van der Waals surface area (Å²) in [7, 11) is -2.36. The first-order chi connectivity index (χ1) is 31.8. The normalized spacial score (nSPS) is 26.5. The molecule has 1 spiro atoms. The largest absolute Gasteiger partial charge is 0.465 e. The minimum Gasteiger partial charge on any atom is -0.465 e. The van der Waals surface area contributed by atoms with E-state index < -0.39 is 43.4 Å². The first kappa shape index (κ1) is 46.5. The highest BCUT2D eigenvalue weighted by molar-refractivity contribution is 7.57. The third-order valence-electron chi connectivity index (χ3n) is 14.4. The summed E-state index contributed by atoms with van der Waals surface area (Å²) in [5, 5.41) is 6.24. The number of alkyl halides is 1. The second kappa shape index (κ2) is 19.5. The number of fused-ring (bicyclic) bond motifs is 2. The molecule has 9 rings (SSSR count). The van der Waals surface area contributed by atoms with Crippen molar-refractivity contribution in [2.75, 3.05) is 33.4 Å². The number of esters is 1. The summed E-state index contributed by atoms with van der Waals surface area (Å²) >= 11 is 1.21. The Morgan fingerprint density at radius 1 is 1.00 bits per heavy atom. The summed E-state index contributed by atoms with van der Waals surface area (Å²) in [5.74, 6) is -3.12. The highest BCUT2D eigenvalue weighted by Gasteiger charge is 2.58. The summed E-state index contributed by atoms with van der Waals surface area (Å²) in [5.41, 5.74) is 1.11. The van der Waals surface area contributed by atoms with Gasteiger partial charge in [-0.3, -0.25) is 23.7 Å². The number of rotatable bonds is 16. The molecule has 1 unspecified atom stereocenters. The number of ether oxygens (including phenoxy) is 2. The quantitative estimate of drug-likeness (QED) is 0.0831. The van der Waals surface area contributed by atoms with Gasteiger partial charge >= 0.3 is 13.5 Å². The molecule has 352 valence electrons. The molecule has 4 aromatic rings. The van der Waals surface area contributed by atoms with E-state index in [-0.39, 0.29) is 59.4 Å². The van der Waals surface area contributed by atoms with Gasteiger partial charge in [0, 0.05) is 47.9 Å². The molecule has 9 atom stereocenters. The van der Waals surface area contributed by atoms with E-state index >= 15 is 4.39 Å². The number of amides is 3. The number of benzene rings is 3. The van der Waals surface area contributed by atoms with E-state index in [4.69, 9.17) is 14.0 Å². The predicted molar refractivity (Wildman–Crippen MR) is 251 cm³/mol. The van der Waals surface area contributed by atoms with Crippen molar-refractivity contribution in [3.05, 3.63) is 101 Å². The third-order valence-corrected chi connectivity index (χ3v) is 17.6. The number of carbonyl (C=O) groups is 4. The molecule has 3 amide bonds. The zero-order valence-corrected chi connectivity index (χ0v) is 39.7. The average Bonchev–Trinajstić information content (AvgIpc) is 3.58. The van der Waals surface area contributed by atoms with Crippen LogP contribution in [0.15, 0.2) is 84.9 Å². The van der Waals surface area contributed by atoms with Crippen LogP contribution in [0.4, 0.5) is 4.39 Å². The Morgan fingerprint density at radius 2 is 1.74 bits per heavy atom. The maximum atomic E-state index is 16.7. The fourth-order valence-corrected chi connectivity index (χ4v) is 13.4. The fourth-order valence-electron chi connectivity index (χ4n) is 10.5. The summed E-state index contributed by atoms with van der Waals surface area (Å²) in [6, 6.07) is 22.3. The topological polar surface area (TPSA) is 147 Å². The number of nitrogens with one attached hydrogen (secondary N) is 2. The van der Waals surface area contributed by atoms with Crippen molar-refractivity contribution in [3.63, 3.8) is 0 Å². The van der Waals surface area contributed by atoms with Gasteiger partial charge in [-0.15, -0.1) is 11.3 Å². The Hall–Kier alpha value is -4.66. The van der Waals surface area contributed by atoms with Crippen molar-refractivity contribution in [1.29, 1.82) is 0 Å². The van der Waals surface area contributed by atoms with E-state index in [2.05, 4.69) is 39.4 Å². The highest BCUT2D eigenvalue weighted by atomic mass is 32.1. The molecule has 5 heterocycles. The molecule has 0 bridgehead atoms. The van der Waals surface area contributed by atoms with Crippen LogP contribution in [-0.4, -0.2) is 114 Å². The molecular formula is C50H61FN5O8PS. The van der Waals surface area contributed by atoms with Gasteiger partial charge in [-0.05, 0) is 125 Å². The zero-order chi connectivity index (χ0) is 46.2. The van der Waals surface area contributed by atoms with Crippen LogP contribution in [0.25, 0.3) is 10.1 Å². The summed E-state index contributed by atoms with van der Waals surface area (Å²) in [6.07, 6.45) is 7.74. The predicted octanol–water partition coefficient (Wildman–Crippen LogP) is 8.35. The van der Waals surface area contributed by atoms with Gasteiger partial charge in [0.2, 0.25) is 17.7 Å². The van der Waals surface area contributed by atoms with Gasteiger partial charge in [0.1, 0.15) is 23.9 Å². The average molecular weight is 942 g/mol. The molecule has 0 radical (unpaired) electrons. The van der Waals surface area contributed by atoms with Gasteiger partial charge in [0.15, 0.2) is 0 Å². The Morgan fingerprint density at radius 3 is 2.44 bits per heavy atom. The molecule has 2 N–H and O–H groups in total. The van der Waals surface area contributed by atoms with Crippen molar-refractivity contribution in [1.82, 2.24) is 25.1 Å². The molecule has 1 aromatic heterocycles. The SMILES string of the molecule is CCCOC(=O)[C@H](C)NP(=O)(Oc1ccccc1)[C@@H](F)c1ccc2sc(C(=O)N[C@H]3CC[C@H](N(C)C[C@H]4CCO4)C[C@H]4CC[C@@H](C(=O)N5C[C@H](c6ccccc6)CC56CC6)N4C3=O)cc2c1. The van der Waals surface area contributed by atoms with Crippen LogP contribution in [0, 0.1) is 0 Å². The third kappa shape index (κ3) is 9.69. The zero-order valence-electron chi connectivity index (χ0n) is 37.9. The van der Waals surface area contributed by atoms with Crippen LogP contribution in [0.2, 0.25) is 0 Å². The molecule has 5 fully saturated rings. The highest BCUT2D eigenvalue weighted by Crippen LogP contribution is 2.58. The molecule has 13 nitrogen and oxygen atoms in total. The minimum atomic E-state index is -4.47. The number of thiophene rings is 1. The molecule has 16 heteroatoms. The van der Waals surface area contributed by atoms with Crippen LogP contribution >= 0.6 is 18.9 Å². The van der Waals surface area contributed by atoms with Gasteiger partial charge < -0.3 is 34.0 Å². The number of likely N-dealkylation sites (N-methyl/N-ethyl adjacent to an activating group) is 1. The first-order valence-electron chi connectivity index (χ1n) is 23.6. The second-order valence-electron chi connectivity index (χ2n) is 19.0. The Kier molecular flexibility index (Phi) is 13.7. The van der Waals surface area contributed by atoms with Crippen LogP contribution in [0.3, 0.4) is 0 Å². The molecule has 1 saturated carbocycles. The Balaban J connectivity index is 0.949. The summed E-state index contributed by atoms with van der Waals surface area (Å²) < 4.78 is 48.7. The van der Waals surface area contributed by atoms with E-state index in [9.17, 15) is 23.7 Å². The van der Waals surface area contributed by atoms with Crippen LogP contribution in [0.5, 0.6) is 5.75 Å². The Bertz CT molecular complexity index is 2450. The lowest BCUT2D eigenvalue weighted by atomic mass is 9.93. The van der Waals surface area contributed by atoms with Gasteiger partial charge in [-0.2, -0.15) is 0 Å². The molecule has 3 aromatic carbocycles. The van der Waals surface area contributed by atoms with Gasteiger partial charge in [0.25, 0.3) is 5.91 Å². The van der Waals surface area contributed by atoms with Gasteiger partial charge in [-0.1, -0.05) is 61.5 Å². The van der Waals surface area contributed by atoms with Crippen LogP contribution < -0.4 is 14.9 Å². The van der Waals surface area contributed by atoms with E-state index in [0.29, 0.717) is 53.6 Å². The molecule has 4 saturated heterocycles. The van der Waals surface area contributed by atoms with Crippen LogP contribution in [0.1, 0.15) is 111 Å². The lowest BCUT2D eigenvalue weighted by Gasteiger charge is -2.42. The lowest BCUT2D eigenvalue weighted by molar-refractivity contribution is -0.148. The number of para-hydroxylation sites is 1. The number of likely N-dealkylation sites (tertiary alicyclic amines) is 1. The molecule has 5 aliphatic rings. The van der Waals surface area contributed by atoms with Crippen molar-refractivity contribution >= 4 is 52.6 Å². The molecule has 1 aliphatic carbocycles. The summed E-state index contributed by atoms with van der Waals surface area (Å²) in [4.78, 5) is 63.3. The Labute approximate surface area is 390 Å². The van der Waals surface area contributed by atoms with E-state index in [1.165, 1.54) is 36.0 Å². The number of hydrogen-bond donors (Lipinski definition) is 2. The molecular weight excluding hydrogens is 881 g/mol. The first-order valence-corrected chi connectivity index (χ1v) is 26.1. The maximum Gasteiger partial charge on any atom is 0.355 e. The van der Waals surface area contributed by atoms with Crippen LogP contribution in [-0.2, 0) is 28.4 Å². The van der Waals surface area contributed by atoms with Crippen molar-refractivity contribution in [3.8, 4) is 5.75 Å². The smallest absolute Gasteiger partial charge is 0.355 e. The minimum absolute atomic E-state index is 0.0199. The maximum absolute atomic E-state index is 16.7. The van der Waals surface area contributed by atoms with E-state index in [1.54, 1.807) is 42.5 Å². The molecule has 66 heavy (non-hydrogen) atoms. The summed E-state index contributed by atoms with van der Waals surface area (Å²) in [6.45, 7) is 5.63. The fraction of sp³-hybridized carbons (Fsp3) is 0.520. The number of nitrogens with zero attached hydrogens (tertiary/aromatic N) is 3. The van der Waals surface area contributed by atoms with E-state index in [1.807, 2.05) is 30.0 Å². The number of halogens is 1. The standard InChI is InChI=1S/C50H61FN5O8PS/c1-4-24-63-49(60)32(2)53-65(61,64-39-13-9-6-10-14-39)45(51)34-15-20-43-35(26-34)27-44(66-43)46(57)52-41-18-16-37(54(3)31-40-21-25-62-40)28-38-17-19-42(56(38)47(41)58)48(59)55-30-36(29-50(55)22-23-50)33-11-7-5-8-12-33/h5-15,20,26-27,32,36-38,40-42,45H,4,16-19,21-25,28-31H2,1-3H3,(H,52,57)(H,53,61)/t32-,36+,37-,38+,40+,41-,42-,45+,65?/m0/s1. The van der Waals surface area contributed by atoms with Gasteiger partial charge in [-0.25, -0.2) is 9.48 Å². The number of hydrogen-bond acceptors (Lipinski definition) is 10. The monoisotopic (exact) mass is 941 g/mol. The van der Waals surface area contributed by atoms with E-state index in [0.717, 1.165) is 45.3 Å². The lowest BCUT2D eigenvalue weighted by Crippen LogP contribution is -2.59. The van der Waals surface area contributed by atoms with Crippen molar-refractivity contribution in [2.24, 2.45) is 0 Å². The van der Waals surface area contributed by atoms with Crippen molar-refractivity contribution in [2.45, 2.75) is 132 Å². The van der Waals surface area contributed by atoms with Gasteiger partial charge in [0.05, 0.1) is 17.6 Å². The number of carbonyl (C=O) groups excluding carboxylic acids is 4. The molecule has 4 aliphatic heterocycles. The second-order valence-corrected chi connectivity index (χ2v) is 22.1. The van der Waals surface area contributed by atoms with Crippen molar-refractivity contribution < 1.29 is 42.1 Å².